The number of rotatable bonds is 4. The normalized spacial score (nSPS) is 10.7. The van der Waals surface area contributed by atoms with Crippen molar-refractivity contribution in [3.05, 3.63) is 19.0 Å². The summed E-state index contributed by atoms with van der Waals surface area (Å²) in [5.41, 5.74) is 0. The van der Waals surface area contributed by atoms with Gasteiger partial charge in [0.25, 0.3) is 5.95 Å². The van der Waals surface area contributed by atoms with Crippen LogP contribution in [0.15, 0.2) is 29.3 Å². The maximum Gasteiger partial charge on any atom is 0.257 e. The molecule has 0 atom stereocenters. The van der Waals surface area contributed by atoms with Gasteiger partial charge in [-0.2, -0.15) is 24.7 Å². The van der Waals surface area contributed by atoms with Gasteiger partial charge in [-0.3, -0.25) is 0 Å². The van der Waals surface area contributed by atoms with Crippen molar-refractivity contribution >= 4 is 17.7 Å². The largest absolute Gasteiger partial charge is 0.357 e. The zero-order valence-electron chi connectivity index (χ0n) is 10.7. The molecule has 0 aliphatic carbocycles. The molecule has 0 saturated heterocycles. The van der Waals surface area contributed by atoms with Crippen LogP contribution in [0.2, 0.25) is 0 Å². The van der Waals surface area contributed by atoms with Crippen molar-refractivity contribution in [1.29, 1.82) is 0 Å². The van der Waals surface area contributed by atoms with Gasteiger partial charge in [-0.1, -0.05) is 0 Å². The zero-order chi connectivity index (χ0) is 13.9. The van der Waals surface area contributed by atoms with Crippen LogP contribution in [0.5, 0.6) is 0 Å². The fourth-order valence-corrected chi connectivity index (χ4v) is 2.07. The highest BCUT2D eigenvalue weighted by molar-refractivity contribution is 7.99. The van der Waals surface area contributed by atoms with Crippen LogP contribution in [-0.4, -0.2) is 51.5 Å². The number of hydrogen-bond acceptors (Lipinski definition) is 9. The third-order valence-corrected chi connectivity index (χ3v) is 3.22. The highest BCUT2D eigenvalue weighted by Crippen LogP contribution is 2.22. The summed E-state index contributed by atoms with van der Waals surface area (Å²) in [7, 11) is 3.58. The van der Waals surface area contributed by atoms with Crippen molar-refractivity contribution in [1.82, 2.24) is 44.5 Å². The minimum atomic E-state index is 0.381. The predicted molar refractivity (Wildman–Crippen MR) is 69.4 cm³/mol. The summed E-state index contributed by atoms with van der Waals surface area (Å²) in [5.74, 6) is 0.821. The minimum absolute atomic E-state index is 0.381. The average Bonchev–Trinajstić information content (AvgIpc) is 3.11. The Morgan fingerprint density at radius 3 is 2.75 bits per heavy atom. The van der Waals surface area contributed by atoms with Gasteiger partial charge >= 0.3 is 0 Å². The lowest BCUT2D eigenvalue weighted by molar-refractivity contribution is 0.752. The van der Waals surface area contributed by atoms with E-state index in [2.05, 4.69) is 40.5 Å². The monoisotopic (exact) mass is 290 g/mol. The number of aromatic nitrogens is 9. The Hall–Kier alpha value is -2.56. The van der Waals surface area contributed by atoms with Crippen molar-refractivity contribution < 1.29 is 0 Å². The second kappa shape index (κ2) is 5.21. The molecular weight excluding hydrogens is 280 g/mol. The van der Waals surface area contributed by atoms with Gasteiger partial charge in [-0.05, 0) is 11.8 Å². The van der Waals surface area contributed by atoms with E-state index < -0.39 is 0 Å². The minimum Gasteiger partial charge on any atom is -0.357 e. The molecule has 0 unspecified atom stereocenters. The summed E-state index contributed by atoms with van der Waals surface area (Å²) in [6, 6.07) is 0. The Bertz CT molecular complexity index is 705. The number of nitrogens with zero attached hydrogens (tertiary/aromatic N) is 9. The van der Waals surface area contributed by atoms with Gasteiger partial charge in [-0.15, -0.1) is 10.2 Å². The number of nitrogens with one attached hydrogen (secondary N) is 1. The van der Waals surface area contributed by atoms with Crippen LogP contribution in [0.3, 0.4) is 0 Å². The molecule has 102 valence electrons. The van der Waals surface area contributed by atoms with Crippen LogP contribution in [0, 0.1) is 0 Å². The number of aryl methyl sites for hydroxylation is 1. The zero-order valence-corrected chi connectivity index (χ0v) is 11.5. The van der Waals surface area contributed by atoms with Gasteiger partial charge in [-0.25, -0.2) is 4.98 Å². The molecule has 11 heteroatoms. The molecule has 0 spiro atoms. The summed E-state index contributed by atoms with van der Waals surface area (Å²) in [6.07, 6.45) is 4.55. The van der Waals surface area contributed by atoms with Crippen LogP contribution >= 0.6 is 11.8 Å². The van der Waals surface area contributed by atoms with Crippen LogP contribution in [0.25, 0.3) is 5.95 Å². The van der Waals surface area contributed by atoms with Crippen molar-refractivity contribution in [2.24, 2.45) is 7.05 Å². The molecular formula is C9H10N10S. The van der Waals surface area contributed by atoms with Gasteiger partial charge in [0.15, 0.2) is 5.16 Å². The Balaban J connectivity index is 1.98. The van der Waals surface area contributed by atoms with Crippen LogP contribution in [0.1, 0.15) is 0 Å². The van der Waals surface area contributed by atoms with E-state index in [0.717, 1.165) is 0 Å². The quantitative estimate of drug-likeness (QED) is 0.696. The molecule has 0 aromatic carbocycles. The molecule has 0 amide bonds. The van der Waals surface area contributed by atoms with Gasteiger partial charge < -0.3 is 9.88 Å². The van der Waals surface area contributed by atoms with Gasteiger partial charge in [0.2, 0.25) is 11.1 Å². The van der Waals surface area contributed by atoms with E-state index in [9.17, 15) is 0 Å². The molecule has 0 fully saturated rings. The molecule has 1 N–H and O–H groups in total. The van der Waals surface area contributed by atoms with Crippen molar-refractivity contribution in [2.45, 2.75) is 10.3 Å². The third-order valence-electron chi connectivity index (χ3n) is 2.30. The summed E-state index contributed by atoms with van der Waals surface area (Å²) >= 11 is 1.29. The van der Waals surface area contributed by atoms with Gasteiger partial charge in [0.05, 0.1) is 0 Å². The third kappa shape index (κ3) is 2.42. The van der Waals surface area contributed by atoms with Crippen LogP contribution < -0.4 is 5.32 Å². The van der Waals surface area contributed by atoms with Gasteiger partial charge in [0, 0.05) is 14.1 Å². The SMILES string of the molecule is CNc1nc(Sc2nncn2C)nc(-n2cncn2)n1. The molecule has 10 nitrogen and oxygen atoms in total. The molecule has 3 aromatic rings. The number of anilines is 1. The van der Waals surface area contributed by atoms with E-state index in [1.807, 2.05) is 7.05 Å². The van der Waals surface area contributed by atoms with E-state index in [1.165, 1.54) is 29.1 Å². The maximum absolute atomic E-state index is 4.32. The van der Waals surface area contributed by atoms with E-state index in [4.69, 9.17) is 0 Å². The van der Waals surface area contributed by atoms with Crippen molar-refractivity contribution in [3.63, 3.8) is 0 Å². The van der Waals surface area contributed by atoms with E-state index >= 15 is 0 Å². The lowest BCUT2D eigenvalue weighted by Crippen LogP contribution is -2.08. The predicted octanol–water partition coefficient (Wildman–Crippen LogP) is -0.226. The molecule has 3 heterocycles. The molecule has 0 saturated carbocycles. The van der Waals surface area contributed by atoms with Crippen LogP contribution in [-0.2, 0) is 7.05 Å². The topological polar surface area (TPSA) is 112 Å². The lowest BCUT2D eigenvalue weighted by Gasteiger charge is -2.05. The molecule has 20 heavy (non-hydrogen) atoms. The standard InChI is InChI=1S/C9H10N10S/c1-10-6-14-7(19-4-11-3-13-19)16-8(15-6)20-9-17-12-5-18(9)2/h3-5H,1-2H3,(H,10,14,15,16). The summed E-state index contributed by atoms with van der Waals surface area (Å²) in [6.45, 7) is 0. The molecule has 0 aliphatic heterocycles. The summed E-state index contributed by atoms with van der Waals surface area (Å²) in [4.78, 5) is 16.7. The first-order valence-electron chi connectivity index (χ1n) is 5.57. The number of hydrogen-bond donors (Lipinski definition) is 1. The molecule has 0 aliphatic rings. The summed E-state index contributed by atoms with van der Waals surface area (Å²) < 4.78 is 3.24. The maximum atomic E-state index is 4.32. The lowest BCUT2D eigenvalue weighted by atomic mass is 10.8. The van der Waals surface area contributed by atoms with Gasteiger partial charge in [0.1, 0.15) is 19.0 Å². The fraction of sp³-hybridized carbons (Fsp3) is 0.222. The van der Waals surface area contributed by atoms with E-state index in [0.29, 0.717) is 22.2 Å². The second-order valence-electron chi connectivity index (χ2n) is 3.66. The molecule has 0 radical (unpaired) electrons. The van der Waals surface area contributed by atoms with Crippen LogP contribution in [0.4, 0.5) is 5.95 Å². The fourth-order valence-electron chi connectivity index (χ4n) is 1.36. The smallest absolute Gasteiger partial charge is 0.257 e. The first kappa shape index (κ1) is 12.5. The van der Waals surface area contributed by atoms with Crippen molar-refractivity contribution in [2.75, 3.05) is 12.4 Å². The molecule has 3 aromatic heterocycles. The first-order valence-corrected chi connectivity index (χ1v) is 6.38. The summed E-state index contributed by atoms with van der Waals surface area (Å²) in [5, 5.41) is 15.8. The Morgan fingerprint density at radius 1 is 1.20 bits per heavy atom. The Kier molecular flexibility index (Phi) is 3.25. The highest BCUT2D eigenvalue weighted by atomic mass is 32.2. The molecule has 0 bridgehead atoms. The second-order valence-corrected chi connectivity index (χ2v) is 4.59. The molecule has 3 rings (SSSR count). The van der Waals surface area contributed by atoms with E-state index in [1.54, 1.807) is 17.9 Å². The average molecular weight is 290 g/mol. The highest BCUT2D eigenvalue weighted by Gasteiger charge is 2.12. The van der Waals surface area contributed by atoms with Crippen molar-refractivity contribution in [3.8, 4) is 5.95 Å². The van der Waals surface area contributed by atoms with E-state index in [-0.39, 0.29) is 0 Å². The Labute approximate surface area is 117 Å². The first-order chi connectivity index (χ1) is 9.76. The Morgan fingerprint density at radius 2 is 2.10 bits per heavy atom.